The topological polar surface area (TPSA) is 35.8 Å². The normalized spacial score (nSPS) is 18.7. The molecule has 0 aliphatic heterocycles. The van der Waals surface area contributed by atoms with Crippen LogP contribution in [0.2, 0.25) is 0 Å². The van der Waals surface area contributed by atoms with E-state index in [0.29, 0.717) is 11.5 Å². The first kappa shape index (κ1) is 12.2. The zero-order valence-corrected chi connectivity index (χ0v) is 11.2. The summed E-state index contributed by atoms with van der Waals surface area (Å²) in [7, 11) is 0. The van der Waals surface area contributed by atoms with Gasteiger partial charge in [0.05, 0.1) is 11.3 Å². The molecule has 1 aromatic rings. The lowest BCUT2D eigenvalue weighted by molar-refractivity contribution is 0.504. The van der Waals surface area contributed by atoms with Gasteiger partial charge in [-0.15, -0.1) is 0 Å². The van der Waals surface area contributed by atoms with E-state index in [1.54, 1.807) is 0 Å². The minimum Gasteiger partial charge on any atom is -0.384 e. The van der Waals surface area contributed by atoms with Gasteiger partial charge in [0.1, 0.15) is 6.07 Å². The highest BCUT2D eigenvalue weighted by Crippen LogP contribution is 2.23. The van der Waals surface area contributed by atoms with Crippen LogP contribution in [0.3, 0.4) is 0 Å². The Balaban J connectivity index is 2.00. The minimum atomic E-state index is 0.686. The molecule has 0 fully saturated rings. The zero-order valence-electron chi connectivity index (χ0n) is 9.62. The van der Waals surface area contributed by atoms with Crippen molar-refractivity contribution in [3.8, 4) is 6.07 Å². The average Bonchev–Trinajstić information content (AvgIpc) is 2.38. The van der Waals surface area contributed by atoms with Crippen LogP contribution in [0, 0.1) is 17.2 Å². The second-order valence-electron chi connectivity index (χ2n) is 4.33. The molecule has 0 amide bonds. The second kappa shape index (κ2) is 5.88. The number of rotatable bonds is 3. The third kappa shape index (κ3) is 3.34. The number of nitriles is 1. The van der Waals surface area contributed by atoms with Crippen LogP contribution in [0.4, 0.5) is 5.69 Å². The largest absolute Gasteiger partial charge is 0.384 e. The van der Waals surface area contributed by atoms with E-state index in [1.807, 2.05) is 18.2 Å². The van der Waals surface area contributed by atoms with Gasteiger partial charge >= 0.3 is 0 Å². The highest BCUT2D eigenvalue weighted by Gasteiger charge is 2.10. The summed E-state index contributed by atoms with van der Waals surface area (Å²) in [6, 6.07) is 7.92. The first-order chi connectivity index (χ1) is 8.29. The van der Waals surface area contributed by atoms with Gasteiger partial charge in [-0.25, -0.2) is 0 Å². The van der Waals surface area contributed by atoms with E-state index >= 15 is 0 Å². The Bertz CT molecular complexity index is 460. The first-order valence-corrected chi connectivity index (χ1v) is 6.67. The van der Waals surface area contributed by atoms with Crippen molar-refractivity contribution in [3.63, 3.8) is 0 Å². The maximum atomic E-state index is 9.03. The summed E-state index contributed by atoms with van der Waals surface area (Å²) in [4.78, 5) is 0. The summed E-state index contributed by atoms with van der Waals surface area (Å²) in [5.41, 5.74) is 1.64. The van der Waals surface area contributed by atoms with E-state index in [-0.39, 0.29) is 0 Å². The lowest BCUT2D eigenvalue weighted by Crippen LogP contribution is -2.15. The van der Waals surface area contributed by atoms with Crippen LogP contribution in [0.5, 0.6) is 0 Å². The molecule has 1 N–H and O–H groups in total. The molecule has 17 heavy (non-hydrogen) atoms. The number of anilines is 1. The molecule has 3 heteroatoms. The van der Waals surface area contributed by atoms with Gasteiger partial charge in [-0.1, -0.05) is 28.1 Å². The third-order valence-corrected chi connectivity index (χ3v) is 3.55. The van der Waals surface area contributed by atoms with Crippen molar-refractivity contribution in [1.82, 2.24) is 0 Å². The fraction of sp³-hybridized carbons (Fsp3) is 0.357. The molecule has 1 aliphatic carbocycles. The molecular weight excluding hydrogens is 276 g/mol. The number of hydrogen-bond donors (Lipinski definition) is 1. The maximum Gasteiger partial charge on any atom is 0.101 e. The van der Waals surface area contributed by atoms with Crippen LogP contribution in [0.25, 0.3) is 0 Å². The molecule has 2 rings (SSSR count). The molecule has 1 atom stereocenters. The number of benzene rings is 1. The Labute approximate surface area is 110 Å². The minimum absolute atomic E-state index is 0.686. The summed E-state index contributed by atoms with van der Waals surface area (Å²) in [6.07, 6.45) is 8.05. The van der Waals surface area contributed by atoms with Gasteiger partial charge in [0.15, 0.2) is 0 Å². The summed E-state index contributed by atoms with van der Waals surface area (Å²) in [5, 5.41) is 12.4. The van der Waals surface area contributed by atoms with Gasteiger partial charge < -0.3 is 5.32 Å². The fourth-order valence-electron chi connectivity index (χ4n) is 2.06. The Morgan fingerprint density at radius 2 is 2.29 bits per heavy atom. The Hall–Kier alpha value is -1.27. The van der Waals surface area contributed by atoms with Crippen molar-refractivity contribution in [2.45, 2.75) is 19.3 Å². The zero-order chi connectivity index (χ0) is 12.1. The van der Waals surface area contributed by atoms with Crippen molar-refractivity contribution in [2.75, 3.05) is 11.9 Å². The van der Waals surface area contributed by atoms with Gasteiger partial charge in [-0.3, -0.25) is 0 Å². The van der Waals surface area contributed by atoms with E-state index < -0.39 is 0 Å². The maximum absolute atomic E-state index is 9.03. The number of halogens is 1. The van der Waals surface area contributed by atoms with Crippen molar-refractivity contribution in [3.05, 3.63) is 40.4 Å². The highest BCUT2D eigenvalue weighted by atomic mass is 79.9. The van der Waals surface area contributed by atoms with Gasteiger partial charge in [-0.2, -0.15) is 5.26 Å². The molecule has 1 unspecified atom stereocenters. The molecule has 88 valence electrons. The quantitative estimate of drug-likeness (QED) is 0.851. The number of nitrogens with zero attached hydrogens (tertiary/aromatic N) is 1. The van der Waals surface area contributed by atoms with Crippen LogP contribution in [0.15, 0.2) is 34.8 Å². The molecule has 0 saturated heterocycles. The van der Waals surface area contributed by atoms with Crippen LogP contribution in [0.1, 0.15) is 24.8 Å². The van der Waals surface area contributed by atoms with Crippen LogP contribution in [-0.4, -0.2) is 6.54 Å². The summed E-state index contributed by atoms with van der Waals surface area (Å²) >= 11 is 3.43. The lowest BCUT2D eigenvalue weighted by atomic mass is 9.94. The van der Waals surface area contributed by atoms with Crippen LogP contribution >= 0.6 is 15.9 Å². The highest BCUT2D eigenvalue weighted by molar-refractivity contribution is 9.10. The predicted octanol–water partition coefficient (Wildman–Crippen LogP) is 4.09. The standard InChI is InChI=1S/C14H15BrN2/c15-13-7-6-12(9-16)14(8-13)17-10-11-4-2-1-3-5-11/h1-2,6-8,11,17H,3-5,10H2. The van der Waals surface area contributed by atoms with E-state index in [9.17, 15) is 0 Å². The van der Waals surface area contributed by atoms with Crippen LogP contribution < -0.4 is 5.32 Å². The molecule has 1 aromatic carbocycles. The number of allylic oxidation sites excluding steroid dienone is 2. The van der Waals surface area contributed by atoms with E-state index in [0.717, 1.165) is 23.1 Å². The molecule has 0 spiro atoms. The summed E-state index contributed by atoms with van der Waals surface area (Å²) in [5.74, 6) is 0.686. The van der Waals surface area contributed by atoms with Crippen molar-refractivity contribution in [1.29, 1.82) is 5.26 Å². The number of hydrogen-bond acceptors (Lipinski definition) is 2. The Kier molecular flexibility index (Phi) is 4.22. The van der Waals surface area contributed by atoms with Crippen molar-refractivity contribution < 1.29 is 0 Å². The average molecular weight is 291 g/mol. The van der Waals surface area contributed by atoms with Crippen LogP contribution in [-0.2, 0) is 0 Å². The molecule has 0 heterocycles. The SMILES string of the molecule is N#Cc1ccc(Br)cc1NCC1CC=CCC1. The first-order valence-electron chi connectivity index (χ1n) is 5.88. The Morgan fingerprint density at radius 3 is 3.00 bits per heavy atom. The van der Waals surface area contributed by atoms with Crippen molar-refractivity contribution in [2.24, 2.45) is 5.92 Å². The van der Waals surface area contributed by atoms with Crippen molar-refractivity contribution >= 4 is 21.6 Å². The van der Waals surface area contributed by atoms with E-state index in [1.165, 1.54) is 12.8 Å². The van der Waals surface area contributed by atoms with Gasteiger partial charge in [0, 0.05) is 11.0 Å². The fourth-order valence-corrected chi connectivity index (χ4v) is 2.42. The monoisotopic (exact) mass is 290 g/mol. The van der Waals surface area contributed by atoms with Gasteiger partial charge in [0.25, 0.3) is 0 Å². The summed E-state index contributed by atoms with van der Waals surface area (Å²) in [6.45, 7) is 0.940. The second-order valence-corrected chi connectivity index (χ2v) is 5.25. The third-order valence-electron chi connectivity index (χ3n) is 3.06. The molecule has 2 nitrogen and oxygen atoms in total. The Morgan fingerprint density at radius 1 is 1.41 bits per heavy atom. The molecule has 0 bridgehead atoms. The molecule has 1 aliphatic rings. The molecule has 0 radical (unpaired) electrons. The molecule has 0 saturated carbocycles. The van der Waals surface area contributed by atoms with E-state index in [4.69, 9.17) is 5.26 Å². The molecular formula is C14H15BrN2. The lowest BCUT2D eigenvalue weighted by Gasteiger charge is -2.19. The molecule has 0 aromatic heterocycles. The van der Waals surface area contributed by atoms with E-state index in [2.05, 4.69) is 39.5 Å². The smallest absolute Gasteiger partial charge is 0.101 e. The summed E-state index contributed by atoms with van der Waals surface area (Å²) < 4.78 is 1.00. The van der Waals surface area contributed by atoms with Gasteiger partial charge in [-0.05, 0) is 43.4 Å². The predicted molar refractivity (Wildman–Crippen MR) is 73.8 cm³/mol. The number of nitrogens with one attached hydrogen (secondary N) is 1. The van der Waals surface area contributed by atoms with Gasteiger partial charge in [0.2, 0.25) is 0 Å².